The van der Waals surface area contributed by atoms with Gasteiger partial charge in [0.15, 0.2) is 0 Å². The van der Waals surface area contributed by atoms with Gasteiger partial charge in [-0.2, -0.15) is 0 Å². The molecule has 0 aliphatic rings. The van der Waals surface area contributed by atoms with Gasteiger partial charge in [0, 0.05) is 11.1 Å². The first-order valence-corrected chi connectivity index (χ1v) is 11.5. The lowest BCUT2D eigenvalue weighted by atomic mass is 9.96. The van der Waals surface area contributed by atoms with Crippen molar-refractivity contribution < 1.29 is 0 Å². The van der Waals surface area contributed by atoms with Gasteiger partial charge in [-0.25, -0.2) is 4.98 Å². The predicted octanol–water partition coefficient (Wildman–Crippen LogP) is 8.87. The molecule has 0 radical (unpaired) electrons. The van der Waals surface area contributed by atoms with E-state index in [1.165, 1.54) is 27.8 Å². The van der Waals surface area contributed by atoms with Gasteiger partial charge in [-0.1, -0.05) is 123 Å². The number of nitrogens with zero attached hydrogens (tertiary/aromatic N) is 1. The van der Waals surface area contributed by atoms with Crippen molar-refractivity contribution in [2.45, 2.75) is 19.8 Å². The molecule has 4 aromatic carbocycles. The van der Waals surface area contributed by atoms with Crippen LogP contribution < -0.4 is 0 Å². The summed E-state index contributed by atoms with van der Waals surface area (Å²) in [6.45, 7) is 4.47. The minimum Gasteiger partial charge on any atom is -0.248 e. The molecule has 0 atom stereocenters. The lowest BCUT2D eigenvalue weighted by Gasteiger charge is -2.13. The van der Waals surface area contributed by atoms with E-state index in [-0.39, 0.29) is 0 Å². The van der Waals surface area contributed by atoms with Gasteiger partial charge in [0.05, 0.1) is 11.4 Å². The third-order valence-corrected chi connectivity index (χ3v) is 6.09. The predicted molar refractivity (Wildman–Crippen MR) is 140 cm³/mol. The molecule has 0 amide bonds. The maximum atomic E-state index is 5.06. The van der Waals surface area contributed by atoms with Crippen molar-refractivity contribution in [2.24, 2.45) is 0 Å². The Balaban J connectivity index is 1.50. The molecule has 5 aromatic rings. The van der Waals surface area contributed by atoms with E-state index in [2.05, 4.69) is 123 Å². The van der Waals surface area contributed by atoms with Gasteiger partial charge in [-0.15, -0.1) is 0 Å². The van der Waals surface area contributed by atoms with Crippen molar-refractivity contribution in [3.05, 3.63) is 127 Å². The van der Waals surface area contributed by atoms with Crippen LogP contribution in [-0.4, -0.2) is 4.98 Å². The van der Waals surface area contributed by atoms with Gasteiger partial charge in [0.25, 0.3) is 0 Å². The van der Waals surface area contributed by atoms with Crippen molar-refractivity contribution in [1.82, 2.24) is 4.98 Å². The molecule has 5 rings (SSSR count). The lowest BCUT2D eigenvalue weighted by molar-refractivity contribution is 0.864. The van der Waals surface area contributed by atoms with E-state index in [0.29, 0.717) is 5.92 Å². The summed E-state index contributed by atoms with van der Waals surface area (Å²) < 4.78 is 0. The molecule has 1 aromatic heterocycles. The third-order valence-electron chi connectivity index (χ3n) is 6.09. The molecule has 0 saturated carbocycles. The molecule has 0 bridgehead atoms. The molecule has 0 N–H and O–H groups in total. The van der Waals surface area contributed by atoms with Crippen LogP contribution in [0.3, 0.4) is 0 Å². The summed E-state index contributed by atoms with van der Waals surface area (Å²) >= 11 is 0. The number of hydrogen-bond donors (Lipinski definition) is 0. The Kier molecular flexibility index (Phi) is 5.87. The van der Waals surface area contributed by atoms with Gasteiger partial charge in [-0.3, -0.25) is 0 Å². The van der Waals surface area contributed by atoms with E-state index in [1.54, 1.807) is 0 Å². The second-order valence-electron chi connectivity index (χ2n) is 8.71. The summed E-state index contributed by atoms with van der Waals surface area (Å²) in [5.41, 5.74) is 10.5. The maximum Gasteiger partial charge on any atom is 0.0712 e. The number of rotatable bonds is 5. The first-order chi connectivity index (χ1) is 16.2. The maximum absolute atomic E-state index is 5.06. The monoisotopic (exact) mass is 425 g/mol. The van der Waals surface area contributed by atoms with Crippen LogP contribution in [0.2, 0.25) is 0 Å². The average Bonchev–Trinajstić information content (AvgIpc) is 2.89. The van der Waals surface area contributed by atoms with Gasteiger partial charge >= 0.3 is 0 Å². The Bertz CT molecular complexity index is 1230. The van der Waals surface area contributed by atoms with Crippen LogP contribution in [-0.2, 0) is 0 Å². The molecule has 160 valence electrons. The van der Waals surface area contributed by atoms with E-state index < -0.39 is 0 Å². The molecule has 1 heterocycles. The largest absolute Gasteiger partial charge is 0.248 e. The Hall–Kier alpha value is -3.97. The van der Waals surface area contributed by atoms with Crippen LogP contribution in [0.15, 0.2) is 121 Å². The van der Waals surface area contributed by atoms with Gasteiger partial charge in [0.1, 0.15) is 0 Å². The highest BCUT2D eigenvalue weighted by molar-refractivity contribution is 5.73. The van der Waals surface area contributed by atoms with Crippen LogP contribution >= 0.6 is 0 Å². The van der Waals surface area contributed by atoms with Gasteiger partial charge in [-0.05, 0) is 45.9 Å². The van der Waals surface area contributed by atoms with E-state index in [1.807, 2.05) is 12.1 Å². The van der Waals surface area contributed by atoms with Crippen molar-refractivity contribution in [2.75, 3.05) is 0 Å². The zero-order chi connectivity index (χ0) is 22.6. The summed E-state index contributed by atoms with van der Waals surface area (Å²) in [6.07, 6.45) is 0. The summed E-state index contributed by atoms with van der Waals surface area (Å²) in [7, 11) is 0. The topological polar surface area (TPSA) is 12.9 Å². The average molecular weight is 426 g/mol. The summed E-state index contributed by atoms with van der Waals surface area (Å²) in [5.74, 6) is 0.428. The molecule has 0 aliphatic heterocycles. The molecule has 1 nitrogen and oxygen atoms in total. The number of benzene rings is 4. The van der Waals surface area contributed by atoms with Crippen LogP contribution in [0.25, 0.3) is 44.8 Å². The lowest BCUT2D eigenvalue weighted by Crippen LogP contribution is -1.95. The Labute approximate surface area is 196 Å². The molecule has 33 heavy (non-hydrogen) atoms. The minimum atomic E-state index is 0.428. The molecule has 0 saturated heterocycles. The number of pyridine rings is 1. The Morgan fingerprint density at radius 2 is 0.758 bits per heavy atom. The third kappa shape index (κ3) is 4.63. The van der Waals surface area contributed by atoms with E-state index in [9.17, 15) is 0 Å². The number of hydrogen-bond acceptors (Lipinski definition) is 1. The van der Waals surface area contributed by atoms with Crippen molar-refractivity contribution in [3.8, 4) is 44.8 Å². The number of aromatic nitrogens is 1. The molecule has 0 fully saturated rings. The fourth-order valence-corrected chi connectivity index (χ4v) is 4.11. The van der Waals surface area contributed by atoms with Gasteiger partial charge in [0.2, 0.25) is 0 Å². The molecule has 1 heteroatoms. The normalized spacial score (nSPS) is 11.0. The quantitative estimate of drug-likeness (QED) is 0.274. The molecule has 0 aliphatic carbocycles. The van der Waals surface area contributed by atoms with E-state index in [0.717, 1.165) is 22.5 Å². The van der Waals surface area contributed by atoms with E-state index in [4.69, 9.17) is 4.98 Å². The fraction of sp³-hybridized carbons (Fsp3) is 0.0938. The highest BCUT2D eigenvalue weighted by atomic mass is 14.7. The molecular formula is C32H27N. The molecule has 0 spiro atoms. The van der Waals surface area contributed by atoms with Gasteiger partial charge < -0.3 is 0 Å². The fourth-order valence-electron chi connectivity index (χ4n) is 4.11. The summed E-state index contributed by atoms with van der Waals surface area (Å²) in [4.78, 5) is 5.06. The Morgan fingerprint density at radius 1 is 0.424 bits per heavy atom. The summed E-state index contributed by atoms with van der Waals surface area (Å²) in [5, 5.41) is 0. The van der Waals surface area contributed by atoms with Crippen molar-refractivity contribution in [3.63, 3.8) is 0 Å². The zero-order valence-electron chi connectivity index (χ0n) is 19.1. The van der Waals surface area contributed by atoms with Crippen LogP contribution in [0, 0.1) is 0 Å². The highest BCUT2D eigenvalue weighted by Gasteiger charge is 2.10. The van der Waals surface area contributed by atoms with Crippen molar-refractivity contribution in [1.29, 1.82) is 0 Å². The highest BCUT2D eigenvalue weighted by Crippen LogP contribution is 2.31. The minimum absolute atomic E-state index is 0.428. The first kappa shape index (κ1) is 20.9. The van der Waals surface area contributed by atoms with E-state index >= 15 is 0 Å². The van der Waals surface area contributed by atoms with Crippen molar-refractivity contribution >= 4 is 0 Å². The van der Waals surface area contributed by atoms with Crippen LogP contribution in [0.1, 0.15) is 25.3 Å². The molecular weight excluding hydrogens is 398 g/mol. The zero-order valence-corrected chi connectivity index (χ0v) is 19.1. The smallest absolute Gasteiger partial charge is 0.0712 e. The second kappa shape index (κ2) is 9.26. The van der Waals surface area contributed by atoms with Crippen LogP contribution in [0.5, 0.6) is 0 Å². The second-order valence-corrected chi connectivity index (χ2v) is 8.71. The molecule has 0 unspecified atom stereocenters. The SMILES string of the molecule is CC(C)c1cc(-c2ccc(-c3ccccc3)cc2)nc(-c2ccc(-c3ccccc3)cc2)c1. The van der Waals surface area contributed by atoms with Crippen LogP contribution in [0.4, 0.5) is 0 Å². The first-order valence-electron chi connectivity index (χ1n) is 11.5. The standard InChI is InChI=1S/C32H27N/c1-23(2)30-21-31(28-17-13-26(14-18-28)24-9-5-3-6-10-24)33-32(22-30)29-19-15-27(16-20-29)25-11-7-4-8-12-25/h3-23H,1-2H3. The summed E-state index contributed by atoms with van der Waals surface area (Å²) in [6, 6.07) is 42.9. The Morgan fingerprint density at radius 3 is 1.12 bits per heavy atom.